The van der Waals surface area contributed by atoms with Crippen LogP contribution in [0.15, 0.2) is 48.5 Å². The Bertz CT molecular complexity index is 885. The Hall–Kier alpha value is -2.61. The van der Waals surface area contributed by atoms with Crippen LogP contribution < -0.4 is 14.4 Å². The molecule has 0 aliphatic heterocycles. The zero-order valence-electron chi connectivity index (χ0n) is 15.5. The monoisotopic (exact) mass is 394 g/mol. The molecular weight excluding hydrogens is 371 g/mol. The summed E-state index contributed by atoms with van der Waals surface area (Å²) in [4.78, 5) is 12.5. The molecule has 1 atom stereocenters. The van der Waals surface area contributed by atoms with Crippen molar-refractivity contribution in [2.45, 2.75) is 19.4 Å². The lowest BCUT2D eigenvalue weighted by Crippen LogP contribution is -2.41. The van der Waals surface area contributed by atoms with Crippen LogP contribution in [0.4, 0.5) is 10.1 Å². The van der Waals surface area contributed by atoms with Gasteiger partial charge in [0.1, 0.15) is 18.1 Å². The van der Waals surface area contributed by atoms with Crippen molar-refractivity contribution in [1.82, 2.24) is 5.32 Å². The highest BCUT2D eigenvalue weighted by Crippen LogP contribution is 2.22. The number of carbonyl (C=O) groups excluding carboxylic acids is 1. The quantitative estimate of drug-likeness (QED) is 0.747. The second-order valence-corrected chi connectivity index (χ2v) is 7.93. The van der Waals surface area contributed by atoms with Crippen LogP contribution in [0.1, 0.15) is 24.9 Å². The number of nitrogens with zero attached hydrogens (tertiary/aromatic N) is 1. The van der Waals surface area contributed by atoms with Gasteiger partial charge in [-0.2, -0.15) is 0 Å². The van der Waals surface area contributed by atoms with Crippen LogP contribution in [-0.2, 0) is 14.8 Å². The van der Waals surface area contributed by atoms with E-state index in [9.17, 15) is 17.6 Å². The smallest absolute Gasteiger partial charge is 0.241 e. The molecule has 0 heterocycles. The van der Waals surface area contributed by atoms with Crippen LogP contribution in [0, 0.1) is 5.82 Å². The molecular formula is C19H23FN2O4S. The van der Waals surface area contributed by atoms with E-state index in [1.54, 1.807) is 19.2 Å². The Balaban J connectivity index is 2.18. The van der Waals surface area contributed by atoms with Crippen LogP contribution in [0.25, 0.3) is 0 Å². The summed E-state index contributed by atoms with van der Waals surface area (Å²) in [5.74, 6) is -0.535. The number of para-hydroxylation sites is 1. The third kappa shape index (κ3) is 5.43. The molecule has 0 aliphatic carbocycles. The summed E-state index contributed by atoms with van der Waals surface area (Å²) < 4.78 is 44.1. The normalized spacial score (nSPS) is 12.3. The fraction of sp³-hybridized carbons (Fsp3) is 0.316. The van der Waals surface area contributed by atoms with Gasteiger partial charge in [0.25, 0.3) is 0 Å². The minimum Gasteiger partial charge on any atom is -0.497 e. The van der Waals surface area contributed by atoms with E-state index < -0.39 is 28.3 Å². The van der Waals surface area contributed by atoms with E-state index in [1.165, 1.54) is 18.2 Å². The van der Waals surface area contributed by atoms with Crippen molar-refractivity contribution in [3.05, 3.63) is 59.9 Å². The third-order valence-corrected chi connectivity index (χ3v) is 5.20. The first-order valence-corrected chi connectivity index (χ1v) is 10.3. The molecule has 27 heavy (non-hydrogen) atoms. The third-order valence-electron chi connectivity index (χ3n) is 4.07. The fourth-order valence-electron chi connectivity index (χ4n) is 2.66. The number of halogens is 1. The second-order valence-electron chi connectivity index (χ2n) is 6.02. The van der Waals surface area contributed by atoms with Gasteiger partial charge in [0.2, 0.25) is 15.9 Å². The number of anilines is 1. The Kier molecular flexibility index (Phi) is 6.79. The molecule has 146 valence electrons. The second kappa shape index (κ2) is 8.85. The number of nitrogens with one attached hydrogen (secondary N) is 1. The Morgan fingerprint density at radius 3 is 2.33 bits per heavy atom. The van der Waals surface area contributed by atoms with Gasteiger partial charge in [-0.3, -0.25) is 9.10 Å². The maximum Gasteiger partial charge on any atom is 0.241 e. The van der Waals surface area contributed by atoms with E-state index in [-0.39, 0.29) is 11.7 Å². The van der Waals surface area contributed by atoms with Gasteiger partial charge in [0.05, 0.1) is 25.1 Å². The molecule has 0 saturated heterocycles. The predicted octanol–water partition coefficient (Wildman–Crippen LogP) is 2.87. The molecule has 2 aromatic rings. The Morgan fingerprint density at radius 1 is 1.19 bits per heavy atom. The Labute approximate surface area is 159 Å². The first-order valence-electron chi connectivity index (χ1n) is 8.41. The number of amides is 1. The van der Waals surface area contributed by atoms with Crippen molar-refractivity contribution >= 4 is 21.6 Å². The molecule has 1 unspecified atom stereocenters. The first-order chi connectivity index (χ1) is 12.8. The molecule has 2 aromatic carbocycles. The standard InChI is InChI=1S/C19H23FN2O4S/c1-4-17(14-9-11-15(26-2)12-10-14)21-19(23)13-22(27(3,24)25)18-8-6-5-7-16(18)20/h5-12,17H,4,13H2,1-3H3,(H,21,23). The van der Waals surface area contributed by atoms with Gasteiger partial charge in [-0.05, 0) is 36.2 Å². The van der Waals surface area contributed by atoms with E-state index in [0.717, 1.165) is 22.2 Å². The minimum atomic E-state index is -3.84. The van der Waals surface area contributed by atoms with Crippen LogP contribution in [0.2, 0.25) is 0 Å². The Morgan fingerprint density at radius 2 is 1.81 bits per heavy atom. The molecule has 1 amide bonds. The van der Waals surface area contributed by atoms with Gasteiger partial charge >= 0.3 is 0 Å². The average Bonchev–Trinajstić information content (AvgIpc) is 2.64. The SMILES string of the molecule is CCC(NC(=O)CN(c1ccccc1F)S(C)(=O)=O)c1ccc(OC)cc1. The number of rotatable bonds is 8. The number of hydrogen-bond donors (Lipinski definition) is 1. The maximum absolute atomic E-state index is 14.0. The summed E-state index contributed by atoms with van der Waals surface area (Å²) in [6, 6.07) is 12.4. The number of sulfonamides is 1. The average molecular weight is 394 g/mol. The number of carbonyl (C=O) groups is 1. The summed E-state index contributed by atoms with van der Waals surface area (Å²) >= 11 is 0. The van der Waals surface area contributed by atoms with Gasteiger partial charge in [0.15, 0.2) is 0 Å². The van der Waals surface area contributed by atoms with Gasteiger partial charge in [-0.1, -0.05) is 31.2 Å². The molecule has 0 aromatic heterocycles. The molecule has 0 fully saturated rings. The van der Waals surface area contributed by atoms with E-state index in [0.29, 0.717) is 12.2 Å². The summed E-state index contributed by atoms with van der Waals surface area (Å²) in [6.45, 7) is 1.40. The van der Waals surface area contributed by atoms with E-state index in [1.807, 2.05) is 19.1 Å². The molecule has 1 N–H and O–H groups in total. The van der Waals surface area contributed by atoms with Crippen molar-refractivity contribution in [2.24, 2.45) is 0 Å². The number of ether oxygens (including phenoxy) is 1. The molecule has 6 nitrogen and oxygen atoms in total. The molecule has 0 radical (unpaired) electrons. The maximum atomic E-state index is 14.0. The highest BCUT2D eigenvalue weighted by molar-refractivity contribution is 7.92. The van der Waals surface area contributed by atoms with Crippen LogP contribution >= 0.6 is 0 Å². The number of hydrogen-bond acceptors (Lipinski definition) is 4. The van der Waals surface area contributed by atoms with Crippen LogP contribution in [-0.4, -0.2) is 34.2 Å². The largest absolute Gasteiger partial charge is 0.497 e. The number of benzene rings is 2. The molecule has 0 saturated carbocycles. The van der Waals surface area contributed by atoms with Crippen molar-refractivity contribution in [3.8, 4) is 5.75 Å². The van der Waals surface area contributed by atoms with Crippen molar-refractivity contribution in [2.75, 3.05) is 24.2 Å². The first kappa shape index (κ1) is 20.7. The van der Waals surface area contributed by atoms with E-state index in [2.05, 4.69) is 5.32 Å². The number of methoxy groups -OCH3 is 1. The van der Waals surface area contributed by atoms with E-state index in [4.69, 9.17) is 4.74 Å². The zero-order chi connectivity index (χ0) is 20.0. The summed E-state index contributed by atoms with van der Waals surface area (Å²) in [5, 5.41) is 2.80. The lowest BCUT2D eigenvalue weighted by Gasteiger charge is -2.24. The highest BCUT2D eigenvalue weighted by atomic mass is 32.2. The minimum absolute atomic E-state index is 0.160. The van der Waals surface area contributed by atoms with Crippen molar-refractivity contribution in [3.63, 3.8) is 0 Å². The zero-order valence-corrected chi connectivity index (χ0v) is 16.3. The van der Waals surface area contributed by atoms with Gasteiger partial charge in [0, 0.05) is 0 Å². The molecule has 2 rings (SSSR count). The topological polar surface area (TPSA) is 75.7 Å². The predicted molar refractivity (Wildman–Crippen MR) is 103 cm³/mol. The summed E-state index contributed by atoms with van der Waals surface area (Å²) in [5.41, 5.74) is 0.705. The summed E-state index contributed by atoms with van der Waals surface area (Å²) in [7, 11) is -2.27. The van der Waals surface area contributed by atoms with Gasteiger partial charge in [-0.25, -0.2) is 12.8 Å². The summed E-state index contributed by atoms with van der Waals surface area (Å²) in [6.07, 6.45) is 1.55. The highest BCUT2D eigenvalue weighted by Gasteiger charge is 2.24. The lowest BCUT2D eigenvalue weighted by atomic mass is 10.0. The molecule has 0 spiro atoms. The molecule has 0 aliphatic rings. The van der Waals surface area contributed by atoms with Gasteiger partial charge in [-0.15, -0.1) is 0 Å². The van der Waals surface area contributed by atoms with Crippen LogP contribution in [0.5, 0.6) is 5.75 Å². The fourth-order valence-corrected chi connectivity index (χ4v) is 3.52. The lowest BCUT2D eigenvalue weighted by molar-refractivity contribution is -0.120. The van der Waals surface area contributed by atoms with Gasteiger partial charge < -0.3 is 10.1 Å². The van der Waals surface area contributed by atoms with E-state index >= 15 is 0 Å². The van der Waals surface area contributed by atoms with Crippen LogP contribution in [0.3, 0.4) is 0 Å². The molecule has 0 bridgehead atoms. The van der Waals surface area contributed by atoms with Crippen molar-refractivity contribution < 1.29 is 22.3 Å². The van der Waals surface area contributed by atoms with Crippen molar-refractivity contribution in [1.29, 1.82) is 0 Å². The molecule has 8 heteroatoms.